The van der Waals surface area contributed by atoms with Crippen molar-refractivity contribution in [3.63, 3.8) is 0 Å². The highest BCUT2D eigenvalue weighted by Gasteiger charge is 2.11. The zero-order valence-corrected chi connectivity index (χ0v) is 14.5. The maximum Gasteiger partial charge on any atom is 0.407 e. The Kier molecular flexibility index (Phi) is 7.24. The number of fused-ring (bicyclic) bond motifs is 1. The van der Waals surface area contributed by atoms with Crippen molar-refractivity contribution in [2.45, 2.75) is 26.0 Å². The Bertz CT molecular complexity index is 830. The molecule has 2 aromatic carbocycles. The molecule has 1 atom stereocenters. The van der Waals surface area contributed by atoms with E-state index in [0.717, 1.165) is 17.5 Å². The van der Waals surface area contributed by atoms with Gasteiger partial charge in [0.15, 0.2) is 0 Å². The summed E-state index contributed by atoms with van der Waals surface area (Å²) in [6.07, 6.45) is 2.36. The van der Waals surface area contributed by atoms with E-state index in [-0.39, 0.29) is 25.2 Å². The predicted molar refractivity (Wildman–Crippen MR) is 99.9 cm³/mol. The molecule has 0 bridgehead atoms. The lowest BCUT2D eigenvalue weighted by molar-refractivity contribution is -0.122. The average Bonchev–Trinajstić information content (AvgIpc) is 3.04. The van der Waals surface area contributed by atoms with Crippen LogP contribution >= 0.6 is 0 Å². The fourth-order valence-electron chi connectivity index (χ4n) is 2.65. The SMILES string of the molecule is CC(Cc1c[nH]c2ccccc12)NC(=O)OCc1ccccc1.O=CO. The van der Waals surface area contributed by atoms with Crippen LogP contribution in [-0.2, 0) is 22.6 Å². The third-order valence-electron chi connectivity index (χ3n) is 3.78. The van der Waals surface area contributed by atoms with Crippen molar-refractivity contribution in [3.8, 4) is 0 Å². The number of rotatable bonds is 5. The molecule has 1 unspecified atom stereocenters. The van der Waals surface area contributed by atoms with Crippen LogP contribution < -0.4 is 5.32 Å². The Morgan fingerprint density at radius 2 is 1.85 bits per heavy atom. The molecule has 3 rings (SSSR count). The number of alkyl carbamates (subject to hydrolysis) is 1. The minimum absolute atomic E-state index is 0.00233. The van der Waals surface area contributed by atoms with E-state index in [9.17, 15) is 4.79 Å². The normalized spacial score (nSPS) is 11.1. The summed E-state index contributed by atoms with van der Waals surface area (Å²) in [5.74, 6) is 0. The summed E-state index contributed by atoms with van der Waals surface area (Å²) in [4.78, 5) is 23.5. The second kappa shape index (κ2) is 9.88. The van der Waals surface area contributed by atoms with Crippen LogP contribution in [0.4, 0.5) is 4.79 Å². The number of carboxylic acid groups (broad SMARTS) is 1. The van der Waals surface area contributed by atoms with Gasteiger partial charge in [-0.2, -0.15) is 0 Å². The van der Waals surface area contributed by atoms with E-state index in [0.29, 0.717) is 0 Å². The van der Waals surface area contributed by atoms with Gasteiger partial charge in [-0.05, 0) is 30.5 Å². The van der Waals surface area contributed by atoms with Crippen LogP contribution in [0, 0.1) is 0 Å². The number of carbonyl (C=O) groups excluding carboxylic acids is 1. The number of para-hydroxylation sites is 1. The van der Waals surface area contributed by atoms with E-state index in [1.165, 1.54) is 10.9 Å². The van der Waals surface area contributed by atoms with Crippen LogP contribution in [-0.4, -0.2) is 28.7 Å². The van der Waals surface area contributed by atoms with Crippen molar-refractivity contribution in [2.75, 3.05) is 0 Å². The smallest absolute Gasteiger partial charge is 0.407 e. The van der Waals surface area contributed by atoms with E-state index in [1.807, 2.05) is 61.7 Å². The van der Waals surface area contributed by atoms with Gasteiger partial charge in [-0.1, -0.05) is 48.5 Å². The Labute approximate surface area is 151 Å². The van der Waals surface area contributed by atoms with Crippen LogP contribution in [0.1, 0.15) is 18.1 Å². The number of ether oxygens (including phenoxy) is 1. The largest absolute Gasteiger partial charge is 0.483 e. The summed E-state index contributed by atoms with van der Waals surface area (Å²) in [6.45, 7) is 2.01. The summed E-state index contributed by atoms with van der Waals surface area (Å²) in [7, 11) is 0. The minimum Gasteiger partial charge on any atom is -0.483 e. The van der Waals surface area contributed by atoms with Gasteiger partial charge in [0.2, 0.25) is 0 Å². The van der Waals surface area contributed by atoms with Gasteiger partial charge < -0.3 is 20.1 Å². The number of nitrogens with one attached hydrogen (secondary N) is 2. The summed E-state index contributed by atoms with van der Waals surface area (Å²) in [5, 5.41) is 11.0. The molecule has 3 aromatic rings. The fourth-order valence-corrected chi connectivity index (χ4v) is 2.65. The van der Waals surface area contributed by atoms with Crippen molar-refractivity contribution in [2.24, 2.45) is 0 Å². The third-order valence-corrected chi connectivity index (χ3v) is 3.78. The highest BCUT2D eigenvalue weighted by molar-refractivity contribution is 5.83. The van der Waals surface area contributed by atoms with E-state index in [1.54, 1.807) is 0 Å². The number of aromatic amines is 1. The molecule has 0 saturated heterocycles. The number of hydrogen-bond donors (Lipinski definition) is 3. The third kappa shape index (κ3) is 5.66. The number of hydrogen-bond acceptors (Lipinski definition) is 3. The van der Waals surface area contributed by atoms with Gasteiger partial charge >= 0.3 is 6.09 Å². The first-order valence-electron chi connectivity index (χ1n) is 8.24. The topological polar surface area (TPSA) is 91.4 Å². The predicted octanol–water partition coefficient (Wildman–Crippen LogP) is 3.73. The van der Waals surface area contributed by atoms with Crippen molar-refractivity contribution in [1.29, 1.82) is 0 Å². The highest BCUT2D eigenvalue weighted by atomic mass is 16.5. The van der Waals surface area contributed by atoms with Gasteiger partial charge in [0.25, 0.3) is 6.47 Å². The molecule has 1 heterocycles. The molecule has 6 heteroatoms. The molecule has 3 N–H and O–H groups in total. The lowest BCUT2D eigenvalue weighted by Gasteiger charge is -2.13. The molecule has 26 heavy (non-hydrogen) atoms. The first-order chi connectivity index (χ1) is 12.6. The minimum atomic E-state index is -0.388. The van der Waals surface area contributed by atoms with Crippen molar-refractivity contribution < 1.29 is 19.4 Å². The molecule has 0 aliphatic heterocycles. The van der Waals surface area contributed by atoms with E-state index in [2.05, 4.69) is 16.4 Å². The molecular weight excluding hydrogens is 332 g/mol. The quantitative estimate of drug-likeness (QED) is 0.609. The second-order valence-corrected chi connectivity index (χ2v) is 5.78. The molecule has 0 fully saturated rings. The van der Waals surface area contributed by atoms with Gasteiger partial charge in [0.1, 0.15) is 6.61 Å². The van der Waals surface area contributed by atoms with Crippen LogP contribution in [0.3, 0.4) is 0 Å². The molecule has 0 aliphatic carbocycles. The zero-order chi connectivity index (χ0) is 18.8. The van der Waals surface area contributed by atoms with E-state index in [4.69, 9.17) is 14.6 Å². The molecule has 1 amide bonds. The molecule has 1 aromatic heterocycles. The first kappa shape index (κ1) is 19.1. The van der Waals surface area contributed by atoms with Gasteiger partial charge in [-0.25, -0.2) is 4.79 Å². The maximum atomic E-state index is 11.9. The Balaban J connectivity index is 0.000000758. The van der Waals surface area contributed by atoms with E-state index < -0.39 is 0 Å². The summed E-state index contributed by atoms with van der Waals surface area (Å²) in [5.41, 5.74) is 3.28. The second-order valence-electron chi connectivity index (χ2n) is 5.78. The van der Waals surface area contributed by atoms with Crippen molar-refractivity contribution in [3.05, 3.63) is 71.9 Å². The lowest BCUT2D eigenvalue weighted by atomic mass is 10.1. The van der Waals surface area contributed by atoms with Crippen LogP contribution in [0.2, 0.25) is 0 Å². The van der Waals surface area contributed by atoms with Crippen LogP contribution in [0.15, 0.2) is 60.8 Å². The van der Waals surface area contributed by atoms with Crippen molar-refractivity contribution in [1.82, 2.24) is 10.3 Å². The monoisotopic (exact) mass is 354 g/mol. The summed E-state index contributed by atoms with van der Waals surface area (Å²) >= 11 is 0. The van der Waals surface area contributed by atoms with Crippen molar-refractivity contribution >= 4 is 23.5 Å². The first-order valence-corrected chi connectivity index (χ1v) is 8.24. The summed E-state index contributed by atoms with van der Waals surface area (Å²) < 4.78 is 5.25. The molecule has 0 saturated carbocycles. The molecule has 0 radical (unpaired) electrons. The number of H-pyrrole nitrogens is 1. The molecular formula is C20H22N2O4. The van der Waals surface area contributed by atoms with Gasteiger partial charge in [0, 0.05) is 23.1 Å². The van der Waals surface area contributed by atoms with Crippen LogP contribution in [0.5, 0.6) is 0 Å². The van der Waals surface area contributed by atoms with Gasteiger partial charge in [-0.15, -0.1) is 0 Å². The number of aromatic nitrogens is 1. The highest BCUT2D eigenvalue weighted by Crippen LogP contribution is 2.19. The van der Waals surface area contributed by atoms with E-state index >= 15 is 0 Å². The lowest BCUT2D eigenvalue weighted by Crippen LogP contribution is -2.34. The average molecular weight is 354 g/mol. The van der Waals surface area contributed by atoms with Gasteiger partial charge in [-0.3, -0.25) is 4.79 Å². The zero-order valence-electron chi connectivity index (χ0n) is 14.5. The molecule has 0 spiro atoms. The van der Waals surface area contributed by atoms with Crippen LogP contribution in [0.25, 0.3) is 10.9 Å². The standard InChI is InChI=1S/C19H20N2O2.CH2O2/c1-14(11-16-12-20-18-10-6-5-9-17(16)18)21-19(22)23-13-15-7-3-2-4-8-15;2-1-3/h2-10,12,14,20H,11,13H2,1H3,(H,21,22);1H,(H,2,3). The maximum absolute atomic E-state index is 11.9. The summed E-state index contributed by atoms with van der Waals surface area (Å²) in [6, 6.07) is 17.8. The molecule has 0 aliphatic rings. The van der Waals surface area contributed by atoms with Gasteiger partial charge in [0.05, 0.1) is 0 Å². The number of carbonyl (C=O) groups is 2. The molecule has 6 nitrogen and oxygen atoms in total. The Hall–Kier alpha value is -3.28. The Morgan fingerprint density at radius 1 is 1.19 bits per heavy atom. The number of benzene rings is 2. The fraction of sp³-hybridized carbons (Fsp3) is 0.200. The number of amides is 1. The Morgan fingerprint density at radius 3 is 2.58 bits per heavy atom. The molecule has 136 valence electrons.